The van der Waals surface area contributed by atoms with E-state index in [0.29, 0.717) is 6.07 Å². The van der Waals surface area contributed by atoms with Gasteiger partial charge < -0.3 is 4.74 Å². The molecular weight excluding hydrogens is 474 g/mol. The number of hydrogen-bond donors (Lipinski definition) is 1. The van der Waals surface area contributed by atoms with Gasteiger partial charge >= 0.3 is 12.4 Å². The highest BCUT2D eigenvalue weighted by molar-refractivity contribution is 7.90. The predicted molar refractivity (Wildman–Crippen MR) is 105 cm³/mol. The van der Waals surface area contributed by atoms with Crippen molar-refractivity contribution >= 4 is 9.84 Å². The summed E-state index contributed by atoms with van der Waals surface area (Å²) in [7, 11) is -3.42. The fourth-order valence-electron chi connectivity index (χ4n) is 3.75. The molecule has 0 aromatic heterocycles. The van der Waals surface area contributed by atoms with Crippen LogP contribution in [0.4, 0.5) is 26.3 Å². The SMILES string of the molecule is CS(=O)(=O)c1ccc(OC[C@@H]2CC(c3ccc(C#N)c(C(F)(F)F)c3)[C@H](C(F)(F)F)N2)cc1. The molecule has 0 aliphatic carbocycles. The van der Waals surface area contributed by atoms with E-state index in [1.54, 1.807) is 0 Å². The first-order chi connectivity index (χ1) is 15.2. The van der Waals surface area contributed by atoms with Crippen molar-refractivity contribution in [1.29, 1.82) is 5.26 Å². The first-order valence-corrected chi connectivity index (χ1v) is 11.5. The molecule has 2 aromatic carbocycles. The summed E-state index contributed by atoms with van der Waals surface area (Å²) in [6, 6.07) is 6.35. The molecule has 2 aromatic rings. The van der Waals surface area contributed by atoms with Crippen LogP contribution in [-0.4, -0.2) is 39.5 Å². The predicted octanol–water partition coefficient (Wildman–Crippen LogP) is 4.44. The average Bonchev–Trinajstić information content (AvgIpc) is 3.16. The normalized spacial score (nSPS) is 21.6. The van der Waals surface area contributed by atoms with E-state index in [1.807, 2.05) is 0 Å². The van der Waals surface area contributed by atoms with E-state index in [2.05, 4.69) is 5.32 Å². The summed E-state index contributed by atoms with van der Waals surface area (Å²) < 4.78 is 109. The van der Waals surface area contributed by atoms with E-state index in [-0.39, 0.29) is 29.2 Å². The van der Waals surface area contributed by atoms with Gasteiger partial charge in [-0.15, -0.1) is 0 Å². The van der Waals surface area contributed by atoms with Crippen LogP contribution in [0.25, 0.3) is 0 Å². The monoisotopic (exact) mass is 492 g/mol. The number of rotatable bonds is 5. The van der Waals surface area contributed by atoms with Crippen LogP contribution < -0.4 is 10.1 Å². The Morgan fingerprint density at radius 2 is 1.73 bits per heavy atom. The zero-order chi connectivity index (χ0) is 24.6. The molecule has 0 spiro atoms. The van der Waals surface area contributed by atoms with Gasteiger partial charge in [0.15, 0.2) is 9.84 Å². The van der Waals surface area contributed by atoms with Gasteiger partial charge in [-0.1, -0.05) is 6.07 Å². The number of sulfone groups is 1. The molecule has 0 radical (unpaired) electrons. The van der Waals surface area contributed by atoms with Crippen LogP contribution in [0.3, 0.4) is 0 Å². The highest BCUT2D eigenvalue weighted by Gasteiger charge is 2.51. The number of ether oxygens (including phenoxy) is 1. The van der Waals surface area contributed by atoms with E-state index in [4.69, 9.17) is 10.00 Å². The molecule has 0 saturated carbocycles. The minimum atomic E-state index is -4.89. The molecule has 12 heteroatoms. The molecule has 0 amide bonds. The number of nitrogens with one attached hydrogen (secondary N) is 1. The molecule has 0 bridgehead atoms. The molecule has 5 nitrogen and oxygen atoms in total. The molecule has 33 heavy (non-hydrogen) atoms. The topological polar surface area (TPSA) is 79.2 Å². The van der Waals surface area contributed by atoms with Gasteiger partial charge in [0, 0.05) is 18.2 Å². The summed E-state index contributed by atoms with van der Waals surface area (Å²) in [5.41, 5.74) is -2.14. The minimum absolute atomic E-state index is 0.0484. The van der Waals surface area contributed by atoms with Gasteiger partial charge in [0.1, 0.15) is 18.4 Å². The maximum absolute atomic E-state index is 13.6. The van der Waals surface area contributed by atoms with Gasteiger partial charge in [-0.25, -0.2) is 8.42 Å². The zero-order valence-corrected chi connectivity index (χ0v) is 17.9. The van der Waals surface area contributed by atoms with Crippen LogP contribution in [-0.2, 0) is 16.0 Å². The second kappa shape index (κ2) is 8.87. The van der Waals surface area contributed by atoms with Gasteiger partial charge in [0.2, 0.25) is 0 Å². The molecule has 178 valence electrons. The largest absolute Gasteiger partial charge is 0.492 e. The number of alkyl halides is 6. The summed E-state index contributed by atoms with van der Waals surface area (Å²) in [5, 5.41) is 11.3. The quantitative estimate of drug-likeness (QED) is 0.625. The van der Waals surface area contributed by atoms with Crippen molar-refractivity contribution in [2.45, 2.75) is 41.7 Å². The summed E-state index contributed by atoms with van der Waals surface area (Å²) in [6.45, 7) is -0.219. The molecule has 1 aliphatic heterocycles. The van der Waals surface area contributed by atoms with Gasteiger partial charge in [-0.3, -0.25) is 5.32 Å². The van der Waals surface area contributed by atoms with Crippen molar-refractivity contribution in [3.8, 4) is 11.8 Å². The number of benzene rings is 2. The zero-order valence-electron chi connectivity index (χ0n) is 17.0. The van der Waals surface area contributed by atoms with Crippen LogP contribution in [0.2, 0.25) is 0 Å². The van der Waals surface area contributed by atoms with Gasteiger partial charge in [0.25, 0.3) is 0 Å². The first kappa shape index (κ1) is 24.9. The Hall–Kier alpha value is -2.78. The standard InChI is InChI=1S/C21H18F6N2O3S/c1-33(30,31)16-6-4-15(5-7-16)32-11-14-9-17(19(29-14)21(25,26)27)12-2-3-13(10-28)18(8-12)20(22,23)24/h2-8,14,17,19,29H,9,11H2,1H3/t14-,17?,19+/m0/s1. The van der Waals surface area contributed by atoms with Gasteiger partial charge in [0.05, 0.1) is 22.1 Å². The first-order valence-electron chi connectivity index (χ1n) is 9.57. The Balaban J connectivity index is 1.80. The van der Waals surface area contributed by atoms with Crippen molar-refractivity contribution in [2.75, 3.05) is 12.9 Å². The van der Waals surface area contributed by atoms with Crippen LogP contribution in [0.15, 0.2) is 47.4 Å². The van der Waals surface area contributed by atoms with E-state index in [1.165, 1.54) is 30.3 Å². The van der Waals surface area contributed by atoms with E-state index in [9.17, 15) is 34.8 Å². The Labute approximate surface area is 185 Å². The van der Waals surface area contributed by atoms with Gasteiger partial charge in [-0.2, -0.15) is 31.6 Å². The molecule has 1 unspecified atom stereocenters. The molecule has 1 heterocycles. The Morgan fingerprint density at radius 1 is 1.09 bits per heavy atom. The Kier molecular flexibility index (Phi) is 6.68. The van der Waals surface area contributed by atoms with Crippen molar-refractivity contribution in [2.24, 2.45) is 0 Å². The third-order valence-electron chi connectivity index (χ3n) is 5.31. The summed E-state index contributed by atoms with van der Waals surface area (Å²) >= 11 is 0. The summed E-state index contributed by atoms with van der Waals surface area (Å²) in [5.74, 6) is -1.09. The van der Waals surface area contributed by atoms with Crippen LogP contribution in [0, 0.1) is 11.3 Å². The van der Waals surface area contributed by atoms with E-state index in [0.717, 1.165) is 18.4 Å². The average molecular weight is 492 g/mol. The lowest BCUT2D eigenvalue weighted by Gasteiger charge is -2.23. The molecule has 1 saturated heterocycles. The maximum atomic E-state index is 13.6. The molecule has 3 atom stereocenters. The molecule has 3 rings (SSSR count). The Bertz CT molecular complexity index is 1150. The molecular formula is C21H18F6N2O3S. The van der Waals surface area contributed by atoms with Crippen LogP contribution in [0.5, 0.6) is 5.75 Å². The highest BCUT2D eigenvalue weighted by Crippen LogP contribution is 2.42. The summed E-state index contributed by atoms with van der Waals surface area (Å²) in [6.07, 6.45) is -8.75. The fourth-order valence-corrected chi connectivity index (χ4v) is 4.38. The lowest BCUT2D eigenvalue weighted by molar-refractivity contribution is -0.156. The number of nitriles is 1. The number of halogens is 6. The number of hydrogen-bond acceptors (Lipinski definition) is 5. The smallest absolute Gasteiger partial charge is 0.417 e. The highest BCUT2D eigenvalue weighted by atomic mass is 32.2. The third-order valence-corrected chi connectivity index (χ3v) is 6.44. The van der Waals surface area contributed by atoms with Crippen molar-refractivity contribution in [1.82, 2.24) is 5.32 Å². The van der Waals surface area contributed by atoms with Crippen molar-refractivity contribution in [3.05, 3.63) is 59.2 Å². The lowest BCUT2D eigenvalue weighted by atomic mass is 9.88. The fraction of sp³-hybridized carbons (Fsp3) is 0.381. The van der Waals surface area contributed by atoms with E-state index < -0.39 is 51.3 Å². The molecule has 1 N–H and O–H groups in total. The van der Waals surface area contributed by atoms with Crippen LogP contribution in [0.1, 0.15) is 29.0 Å². The van der Waals surface area contributed by atoms with E-state index >= 15 is 0 Å². The number of nitrogens with zero attached hydrogens (tertiary/aromatic N) is 1. The summed E-state index contributed by atoms with van der Waals surface area (Å²) in [4.78, 5) is 0.0484. The lowest BCUT2D eigenvalue weighted by Crippen LogP contribution is -2.44. The van der Waals surface area contributed by atoms with Crippen molar-refractivity contribution < 1.29 is 39.5 Å². The molecule has 1 fully saturated rings. The van der Waals surface area contributed by atoms with Crippen LogP contribution >= 0.6 is 0 Å². The van der Waals surface area contributed by atoms with Crippen molar-refractivity contribution in [3.63, 3.8) is 0 Å². The molecule has 1 aliphatic rings. The third kappa shape index (κ3) is 5.78. The second-order valence-electron chi connectivity index (χ2n) is 7.69. The van der Waals surface area contributed by atoms with Gasteiger partial charge in [-0.05, 0) is 48.4 Å². The minimum Gasteiger partial charge on any atom is -0.492 e. The second-order valence-corrected chi connectivity index (χ2v) is 9.71. The maximum Gasteiger partial charge on any atom is 0.417 e. The Morgan fingerprint density at radius 3 is 2.24 bits per heavy atom.